The number of nitrogens with zero attached hydrogens (tertiary/aromatic N) is 2. The summed E-state index contributed by atoms with van der Waals surface area (Å²) in [6, 6.07) is 17.7. The molecule has 2 unspecified atom stereocenters. The van der Waals surface area contributed by atoms with E-state index in [1.54, 1.807) is 0 Å². The van der Waals surface area contributed by atoms with Crippen LogP contribution in [-0.2, 0) is 11.8 Å². The van der Waals surface area contributed by atoms with Crippen molar-refractivity contribution in [1.82, 2.24) is 9.78 Å². The summed E-state index contributed by atoms with van der Waals surface area (Å²) in [7, 11) is 0. The van der Waals surface area contributed by atoms with Crippen molar-refractivity contribution < 1.29 is 10.2 Å². The van der Waals surface area contributed by atoms with Crippen molar-refractivity contribution in [3.05, 3.63) is 93.5 Å². The molecule has 1 N–H and O–H groups in total. The number of fused-ring (bicyclic) bond motifs is 1. The van der Waals surface area contributed by atoms with E-state index in [0.29, 0.717) is 23.4 Å². The molecule has 2 atom stereocenters. The van der Waals surface area contributed by atoms with Gasteiger partial charge < -0.3 is 15.1 Å². The summed E-state index contributed by atoms with van der Waals surface area (Å²) in [6.45, 7) is 9.39. The van der Waals surface area contributed by atoms with Crippen LogP contribution in [0.3, 0.4) is 0 Å². The highest BCUT2D eigenvalue weighted by atomic mass is 16.3. The van der Waals surface area contributed by atoms with Crippen LogP contribution in [0, 0.1) is 5.92 Å². The molecule has 196 valence electrons. The fraction of sp³-hybridized carbons (Fsp3) is 0.452. The van der Waals surface area contributed by atoms with Gasteiger partial charge in [-0.2, -0.15) is 0 Å². The van der Waals surface area contributed by atoms with Crippen LogP contribution in [0.1, 0.15) is 69.7 Å². The molecule has 37 heavy (non-hydrogen) atoms. The van der Waals surface area contributed by atoms with Gasteiger partial charge in [-0.3, -0.25) is 9.89 Å². The molecule has 0 saturated heterocycles. The first-order valence-electron chi connectivity index (χ1n) is 13.6. The smallest absolute Gasteiger partial charge is 0.274 e. The zero-order valence-electron chi connectivity index (χ0n) is 22.2. The number of unbranched alkanes of at least 4 members (excludes halogenated alkanes) is 1. The predicted octanol–water partition coefficient (Wildman–Crippen LogP) is 3.77. The number of aryl methyl sites for hydroxylation is 1. The minimum atomic E-state index is -1.15. The van der Waals surface area contributed by atoms with Crippen molar-refractivity contribution in [3.8, 4) is 5.69 Å². The maximum absolute atomic E-state index is 13.7. The number of H-pyrrole nitrogens is 1. The number of para-hydroxylation sites is 2. The average Bonchev–Trinajstić information content (AvgIpc) is 3.32. The SMILES string of the molecule is CCCCN1C(=CC2C([O-])C(c3c(CCC)[nH]n(-c4ccccc4)c3=O)C2[O-])C(C)(C)c2ccccc21. The van der Waals surface area contributed by atoms with Crippen molar-refractivity contribution in [2.45, 2.75) is 76.9 Å². The Hall–Kier alpha value is -3.09. The van der Waals surface area contributed by atoms with E-state index in [1.807, 2.05) is 55.5 Å². The number of benzene rings is 2. The first kappa shape index (κ1) is 25.6. The van der Waals surface area contributed by atoms with Gasteiger partial charge in [-0.25, -0.2) is 4.68 Å². The van der Waals surface area contributed by atoms with Gasteiger partial charge in [0.25, 0.3) is 5.56 Å². The maximum atomic E-state index is 13.7. The molecule has 3 aromatic rings. The highest BCUT2D eigenvalue weighted by molar-refractivity contribution is 5.70. The summed E-state index contributed by atoms with van der Waals surface area (Å²) in [4.78, 5) is 15.8. The Labute approximate surface area is 219 Å². The zero-order chi connectivity index (χ0) is 26.3. The molecule has 0 spiro atoms. The molecule has 1 aliphatic heterocycles. The fourth-order valence-corrected chi connectivity index (χ4v) is 6.14. The van der Waals surface area contributed by atoms with E-state index >= 15 is 0 Å². The molecule has 0 amide bonds. The fourth-order valence-electron chi connectivity index (χ4n) is 6.14. The Morgan fingerprint density at radius 2 is 1.65 bits per heavy atom. The largest absolute Gasteiger partial charge is 0.851 e. The highest BCUT2D eigenvalue weighted by Crippen LogP contribution is 2.50. The van der Waals surface area contributed by atoms with Crippen molar-refractivity contribution in [1.29, 1.82) is 0 Å². The molecule has 1 saturated carbocycles. The molecule has 1 aliphatic carbocycles. The van der Waals surface area contributed by atoms with E-state index in [-0.39, 0.29) is 11.0 Å². The molecule has 2 heterocycles. The lowest BCUT2D eigenvalue weighted by molar-refractivity contribution is -0.543. The lowest BCUT2D eigenvalue weighted by Gasteiger charge is -2.60. The van der Waals surface area contributed by atoms with Gasteiger partial charge in [-0.05, 0) is 48.4 Å². The number of hydrogen-bond acceptors (Lipinski definition) is 4. The molecule has 1 fully saturated rings. The summed E-state index contributed by atoms with van der Waals surface area (Å²) in [5, 5.41) is 30.6. The lowest BCUT2D eigenvalue weighted by Crippen LogP contribution is -2.65. The second-order valence-electron chi connectivity index (χ2n) is 11.0. The highest BCUT2D eigenvalue weighted by Gasteiger charge is 2.44. The molecule has 6 heteroatoms. The molecule has 6 nitrogen and oxygen atoms in total. The Balaban J connectivity index is 1.50. The van der Waals surface area contributed by atoms with Gasteiger partial charge >= 0.3 is 0 Å². The molecule has 0 radical (unpaired) electrons. The van der Waals surface area contributed by atoms with E-state index in [0.717, 1.165) is 37.2 Å². The third-order valence-electron chi connectivity index (χ3n) is 8.20. The first-order valence-corrected chi connectivity index (χ1v) is 13.6. The third-order valence-corrected chi connectivity index (χ3v) is 8.20. The zero-order valence-corrected chi connectivity index (χ0v) is 22.2. The van der Waals surface area contributed by atoms with E-state index in [4.69, 9.17) is 0 Å². The van der Waals surface area contributed by atoms with Crippen molar-refractivity contribution >= 4 is 5.69 Å². The topological polar surface area (TPSA) is 87.2 Å². The first-order chi connectivity index (χ1) is 17.8. The second-order valence-corrected chi connectivity index (χ2v) is 11.0. The molecule has 2 aromatic carbocycles. The summed E-state index contributed by atoms with van der Waals surface area (Å²) in [5.74, 6) is -1.50. The van der Waals surface area contributed by atoms with Crippen LogP contribution >= 0.6 is 0 Å². The number of aromatic nitrogens is 2. The monoisotopic (exact) mass is 499 g/mol. The molecular formula is C31H37N3O3-2. The van der Waals surface area contributed by atoms with Crippen molar-refractivity contribution in [3.63, 3.8) is 0 Å². The number of hydrogen-bond donors (Lipinski definition) is 1. The van der Waals surface area contributed by atoms with Gasteiger partial charge in [-0.1, -0.05) is 83.0 Å². The van der Waals surface area contributed by atoms with E-state index in [2.05, 4.69) is 42.9 Å². The predicted molar refractivity (Wildman–Crippen MR) is 144 cm³/mol. The van der Waals surface area contributed by atoms with E-state index in [9.17, 15) is 15.0 Å². The van der Waals surface area contributed by atoms with Gasteiger partial charge in [0.15, 0.2) is 0 Å². The Kier molecular flexibility index (Phi) is 6.90. The van der Waals surface area contributed by atoms with E-state index in [1.165, 1.54) is 10.2 Å². The summed E-state index contributed by atoms with van der Waals surface area (Å²) in [6.07, 6.45) is 3.18. The summed E-state index contributed by atoms with van der Waals surface area (Å²) >= 11 is 0. The Morgan fingerprint density at radius 3 is 2.32 bits per heavy atom. The molecular weight excluding hydrogens is 462 g/mol. The third kappa shape index (κ3) is 4.16. The molecule has 0 bridgehead atoms. The summed E-state index contributed by atoms with van der Waals surface area (Å²) in [5.41, 5.74) is 4.66. The second kappa shape index (κ2) is 9.99. The van der Waals surface area contributed by atoms with Crippen LogP contribution in [-0.4, -0.2) is 28.5 Å². The van der Waals surface area contributed by atoms with Gasteiger partial charge in [0.1, 0.15) is 0 Å². The van der Waals surface area contributed by atoms with Crippen LogP contribution in [0.25, 0.3) is 5.69 Å². The van der Waals surface area contributed by atoms with E-state index < -0.39 is 24.0 Å². The summed E-state index contributed by atoms with van der Waals surface area (Å²) < 4.78 is 1.48. The van der Waals surface area contributed by atoms with Crippen LogP contribution in [0.15, 0.2) is 71.2 Å². The van der Waals surface area contributed by atoms with Gasteiger partial charge in [0.05, 0.1) is 5.69 Å². The molecule has 2 aliphatic rings. The molecule has 5 rings (SSSR count). The molecule has 1 aromatic heterocycles. The van der Waals surface area contributed by atoms with Gasteiger partial charge in [0.2, 0.25) is 0 Å². The quantitative estimate of drug-likeness (QED) is 0.511. The van der Waals surface area contributed by atoms with Gasteiger partial charge in [0, 0.05) is 34.6 Å². The van der Waals surface area contributed by atoms with Crippen LogP contribution in [0.4, 0.5) is 5.69 Å². The minimum absolute atomic E-state index is 0.273. The lowest BCUT2D eigenvalue weighted by atomic mass is 9.64. The minimum Gasteiger partial charge on any atom is -0.851 e. The number of anilines is 1. The number of allylic oxidation sites excluding steroid dienone is 1. The van der Waals surface area contributed by atoms with Crippen molar-refractivity contribution in [2.75, 3.05) is 11.4 Å². The number of rotatable bonds is 8. The maximum Gasteiger partial charge on any atom is 0.274 e. The Bertz CT molecular complexity index is 1330. The van der Waals surface area contributed by atoms with Gasteiger partial charge in [-0.15, -0.1) is 12.2 Å². The average molecular weight is 500 g/mol. The van der Waals surface area contributed by atoms with Crippen LogP contribution in [0.5, 0.6) is 0 Å². The number of aromatic amines is 1. The van der Waals surface area contributed by atoms with Crippen LogP contribution in [0.2, 0.25) is 0 Å². The van der Waals surface area contributed by atoms with Crippen molar-refractivity contribution in [2.24, 2.45) is 5.92 Å². The Morgan fingerprint density at radius 1 is 0.973 bits per heavy atom. The van der Waals surface area contributed by atoms with Crippen LogP contribution < -0.4 is 20.7 Å². The standard InChI is InChI=1S/C31H37N3O3/c1-5-7-18-33-24-17-12-11-16-22(24)31(3,4)25(33)19-21-28(35)27(29(21)36)26-23(13-6-2)32-34(30(26)37)20-14-9-8-10-15-20/h8-12,14-17,19,21,27-29,32H,5-7,13,18H2,1-4H3/q-2. The normalized spacial score (nSPS) is 25.4. The number of nitrogens with one attached hydrogen (secondary N) is 1.